The second kappa shape index (κ2) is 6.09. The van der Waals surface area contributed by atoms with Gasteiger partial charge >= 0.3 is 6.03 Å². The maximum atomic E-state index is 12.3. The molecule has 1 N–H and O–H groups in total. The van der Waals surface area contributed by atoms with Crippen LogP contribution < -0.4 is 10.1 Å². The molecule has 0 aromatic carbocycles. The molecule has 0 spiro atoms. The number of rotatable bonds is 3. The number of hydrogen-bond acceptors (Lipinski definition) is 4. The molecule has 1 aliphatic heterocycles. The third kappa shape index (κ3) is 3.19. The lowest BCUT2D eigenvalue weighted by atomic mass is 10.2. The van der Waals surface area contributed by atoms with Gasteiger partial charge < -0.3 is 14.5 Å². The van der Waals surface area contributed by atoms with E-state index in [4.69, 9.17) is 4.74 Å². The highest BCUT2D eigenvalue weighted by Gasteiger charge is 2.28. The Balaban J connectivity index is 2.03. The van der Waals surface area contributed by atoms with E-state index in [-0.39, 0.29) is 6.03 Å². The van der Waals surface area contributed by atoms with E-state index in [1.165, 1.54) is 0 Å². The predicted molar refractivity (Wildman–Crippen MR) is 78.2 cm³/mol. The van der Waals surface area contributed by atoms with E-state index in [2.05, 4.69) is 15.2 Å². The summed E-state index contributed by atoms with van der Waals surface area (Å²) in [4.78, 5) is 20.5. The molecule has 0 unspecified atom stereocenters. The number of anilines is 1. The first-order valence-electron chi connectivity index (χ1n) is 6.75. The highest BCUT2D eigenvalue weighted by Crippen LogP contribution is 2.23. The Bertz CT molecular complexity index is 490. The molecule has 0 aliphatic carbocycles. The van der Waals surface area contributed by atoms with E-state index in [0.29, 0.717) is 17.6 Å². The van der Waals surface area contributed by atoms with Gasteiger partial charge in [-0.1, -0.05) is 0 Å². The van der Waals surface area contributed by atoms with Gasteiger partial charge in [-0.25, -0.2) is 9.78 Å². The van der Waals surface area contributed by atoms with E-state index < -0.39 is 0 Å². The first-order valence-corrected chi connectivity index (χ1v) is 6.75. The number of carbonyl (C=O) groups is 1. The normalized spacial score (nSPS) is 18.4. The number of likely N-dealkylation sites (N-methyl/N-ethyl adjacent to an activating group) is 1. The number of amides is 2. The van der Waals surface area contributed by atoms with Crippen molar-refractivity contribution in [3.05, 3.63) is 17.8 Å². The lowest BCUT2D eigenvalue weighted by Crippen LogP contribution is -2.37. The Labute approximate surface area is 119 Å². The van der Waals surface area contributed by atoms with Crippen molar-refractivity contribution in [3.63, 3.8) is 0 Å². The number of nitrogens with one attached hydrogen (secondary N) is 1. The monoisotopic (exact) mass is 278 g/mol. The molecule has 1 fully saturated rings. The van der Waals surface area contributed by atoms with Crippen LogP contribution in [-0.4, -0.2) is 61.2 Å². The Hall–Kier alpha value is -1.82. The molecule has 1 aromatic rings. The van der Waals surface area contributed by atoms with Crippen molar-refractivity contribution in [2.24, 2.45) is 0 Å². The second-order valence-electron chi connectivity index (χ2n) is 5.29. The highest BCUT2D eigenvalue weighted by atomic mass is 16.5. The number of methoxy groups -OCH3 is 1. The molecule has 110 valence electrons. The number of aromatic nitrogens is 1. The molecular formula is C14H22N4O2. The lowest BCUT2D eigenvalue weighted by molar-refractivity contribution is 0.216. The maximum absolute atomic E-state index is 12.3. The van der Waals surface area contributed by atoms with Crippen molar-refractivity contribution in [2.75, 3.05) is 39.6 Å². The molecule has 2 amide bonds. The summed E-state index contributed by atoms with van der Waals surface area (Å²) in [5, 5.41) is 2.84. The van der Waals surface area contributed by atoms with E-state index in [0.717, 1.165) is 25.2 Å². The Kier molecular flexibility index (Phi) is 4.44. The molecule has 1 aliphatic rings. The summed E-state index contributed by atoms with van der Waals surface area (Å²) in [6, 6.07) is 3.97. The number of pyridine rings is 1. The molecule has 20 heavy (non-hydrogen) atoms. The fraction of sp³-hybridized carbons (Fsp3) is 0.571. The number of nitrogens with zero attached hydrogens (tertiary/aromatic N) is 3. The first kappa shape index (κ1) is 14.6. The van der Waals surface area contributed by atoms with Crippen molar-refractivity contribution < 1.29 is 9.53 Å². The molecule has 0 saturated carbocycles. The van der Waals surface area contributed by atoms with Crippen molar-refractivity contribution in [2.45, 2.75) is 19.4 Å². The molecule has 1 aromatic heterocycles. The zero-order chi connectivity index (χ0) is 14.7. The third-order valence-electron chi connectivity index (χ3n) is 3.62. The summed E-state index contributed by atoms with van der Waals surface area (Å²) in [6.45, 7) is 3.39. The second-order valence-corrected chi connectivity index (χ2v) is 5.29. The lowest BCUT2D eigenvalue weighted by Gasteiger charge is -2.21. The minimum absolute atomic E-state index is 0.120. The quantitative estimate of drug-likeness (QED) is 0.911. The van der Waals surface area contributed by atoms with Crippen LogP contribution in [0.2, 0.25) is 0 Å². The van der Waals surface area contributed by atoms with Crippen molar-refractivity contribution in [1.82, 2.24) is 14.8 Å². The Morgan fingerprint density at radius 3 is 2.85 bits per heavy atom. The summed E-state index contributed by atoms with van der Waals surface area (Å²) in [5.41, 5.74) is 0.841. The first-order chi connectivity index (χ1) is 9.51. The summed E-state index contributed by atoms with van der Waals surface area (Å²) >= 11 is 0. The third-order valence-corrected chi connectivity index (χ3v) is 3.62. The Morgan fingerprint density at radius 2 is 2.25 bits per heavy atom. The summed E-state index contributed by atoms with van der Waals surface area (Å²) in [5.74, 6) is 1.05. The van der Waals surface area contributed by atoms with Gasteiger partial charge in [0.2, 0.25) is 0 Å². The fourth-order valence-corrected chi connectivity index (χ4v) is 2.33. The average molecular weight is 278 g/mol. The number of likely N-dealkylation sites (tertiary alicyclic amines) is 1. The van der Waals surface area contributed by atoms with Gasteiger partial charge in [-0.15, -0.1) is 0 Å². The van der Waals surface area contributed by atoms with Crippen LogP contribution in [0.25, 0.3) is 0 Å². The van der Waals surface area contributed by atoms with Gasteiger partial charge in [-0.05, 0) is 39.6 Å². The minimum Gasteiger partial charge on any atom is -0.493 e. The molecule has 0 radical (unpaired) electrons. The molecular weight excluding hydrogens is 256 g/mol. The van der Waals surface area contributed by atoms with Crippen LogP contribution in [0.3, 0.4) is 0 Å². The van der Waals surface area contributed by atoms with Crippen LogP contribution >= 0.6 is 0 Å². The van der Waals surface area contributed by atoms with Gasteiger partial charge in [0, 0.05) is 24.8 Å². The van der Waals surface area contributed by atoms with Gasteiger partial charge in [0.1, 0.15) is 0 Å². The van der Waals surface area contributed by atoms with Crippen LogP contribution in [0.5, 0.6) is 5.75 Å². The van der Waals surface area contributed by atoms with E-state index in [1.54, 1.807) is 7.11 Å². The zero-order valence-corrected chi connectivity index (χ0v) is 12.5. The smallest absolute Gasteiger partial charge is 0.323 e. The average Bonchev–Trinajstić information content (AvgIpc) is 2.89. The van der Waals surface area contributed by atoms with Crippen LogP contribution in [0, 0.1) is 6.92 Å². The minimum atomic E-state index is -0.120. The van der Waals surface area contributed by atoms with E-state index >= 15 is 0 Å². The number of aryl methyl sites for hydroxylation is 1. The van der Waals surface area contributed by atoms with Crippen LogP contribution in [0.15, 0.2) is 12.1 Å². The number of hydrogen-bond donors (Lipinski definition) is 1. The van der Waals surface area contributed by atoms with E-state index in [9.17, 15) is 4.79 Å². The van der Waals surface area contributed by atoms with Crippen LogP contribution in [0.1, 0.15) is 12.1 Å². The molecule has 6 heteroatoms. The molecule has 6 nitrogen and oxygen atoms in total. The van der Waals surface area contributed by atoms with Gasteiger partial charge in [-0.2, -0.15) is 0 Å². The molecule has 1 saturated heterocycles. The summed E-state index contributed by atoms with van der Waals surface area (Å²) in [6.07, 6.45) is 0.999. The number of ether oxygens (including phenoxy) is 1. The van der Waals surface area contributed by atoms with Crippen LogP contribution in [0.4, 0.5) is 10.6 Å². The van der Waals surface area contributed by atoms with E-state index in [1.807, 2.05) is 38.1 Å². The fourth-order valence-electron chi connectivity index (χ4n) is 2.33. The van der Waals surface area contributed by atoms with Gasteiger partial charge in [0.25, 0.3) is 0 Å². The zero-order valence-electron chi connectivity index (χ0n) is 12.5. The number of urea groups is 1. The van der Waals surface area contributed by atoms with Gasteiger partial charge in [-0.3, -0.25) is 5.32 Å². The van der Waals surface area contributed by atoms with Gasteiger partial charge in [0.05, 0.1) is 7.11 Å². The standard InChI is InChI=1S/C14H22N4O2/c1-10-5-6-12(20-4)13(15-10)16-14(19)18-8-7-11(9-18)17(2)3/h5-6,11H,7-9H2,1-4H3,(H,15,16,19)/t11-/m0/s1. The molecule has 2 heterocycles. The topological polar surface area (TPSA) is 57.7 Å². The predicted octanol–water partition coefficient (Wildman–Crippen LogP) is 1.57. The summed E-state index contributed by atoms with van der Waals surface area (Å²) in [7, 11) is 5.65. The molecule has 1 atom stereocenters. The number of carbonyl (C=O) groups excluding carboxylic acids is 1. The summed E-state index contributed by atoms with van der Waals surface area (Å²) < 4.78 is 5.22. The largest absolute Gasteiger partial charge is 0.493 e. The van der Waals surface area contributed by atoms with Crippen molar-refractivity contribution in [1.29, 1.82) is 0 Å². The Morgan fingerprint density at radius 1 is 1.50 bits per heavy atom. The molecule has 0 bridgehead atoms. The van der Waals surface area contributed by atoms with Crippen LogP contribution in [-0.2, 0) is 0 Å². The van der Waals surface area contributed by atoms with Crippen molar-refractivity contribution >= 4 is 11.8 Å². The maximum Gasteiger partial charge on any atom is 0.323 e. The highest BCUT2D eigenvalue weighted by molar-refractivity contribution is 5.90. The molecule has 2 rings (SSSR count). The van der Waals surface area contributed by atoms with Crippen molar-refractivity contribution in [3.8, 4) is 5.75 Å². The van der Waals surface area contributed by atoms with Gasteiger partial charge in [0.15, 0.2) is 11.6 Å². The SMILES string of the molecule is COc1ccc(C)nc1NC(=O)N1CC[C@H](N(C)C)C1.